The molecule has 2 aliphatic rings. The summed E-state index contributed by atoms with van der Waals surface area (Å²) in [6.45, 7) is 9.66. The molecule has 1 spiro atoms. The molecule has 2 heteroatoms. The highest BCUT2D eigenvalue weighted by molar-refractivity contribution is 4.89. The van der Waals surface area contributed by atoms with Gasteiger partial charge in [0.25, 0.3) is 0 Å². The zero-order chi connectivity index (χ0) is 12.1. The van der Waals surface area contributed by atoms with Crippen LogP contribution in [0.3, 0.4) is 0 Å². The van der Waals surface area contributed by atoms with Gasteiger partial charge in [-0.1, -0.05) is 26.7 Å². The molecule has 0 bridgehead atoms. The van der Waals surface area contributed by atoms with Crippen molar-refractivity contribution in [3.05, 3.63) is 0 Å². The molecule has 2 fully saturated rings. The first kappa shape index (κ1) is 13.4. The summed E-state index contributed by atoms with van der Waals surface area (Å²) in [5.74, 6) is 0. The van der Waals surface area contributed by atoms with Gasteiger partial charge in [0.1, 0.15) is 0 Å². The summed E-state index contributed by atoms with van der Waals surface area (Å²) >= 11 is 0. The summed E-state index contributed by atoms with van der Waals surface area (Å²) in [7, 11) is 0. The Kier molecular flexibility index (Phi) is 4.87. The molecule has 2 rings (SSSR count). The Hall–Kier alpha value is -0.0800. The van der Waals surface area contributed by atoms with Gasteiger partial charge in [-0.2, -0.15) is 0 Å². The molecule has 1 heterocycles. The van der Waals surface area contributed by atoms with Crippen molar-refractivity contribution in [3.63, 3.8) is 0 Å². The minimum absolute atomic E-state index is 0.637. The standard InChI is InChI=1S/C15H30N2/c1-14(2)16-10-5-11-17-12-8-15(9-13-17)6-3-4-7-15/h14,16H,3-13H2,1-2H3. The first-order valence-corrected chi connectivity index (χ1v) is 7.66. The lowest BCUT2D eigenvalue weighted by molar-refractivity contribution is 0.108. The molecule has 1 N–H and O–H groups in total. The van der Waals surface area contributed by atoms with Crippen molar-refractivity contribution >= 4 is 0 Å². The molecule has 0 radical (unpaired) electrons. The zero-order valence-electron chi connectivity index (χ0n) is 11.8. The monoisotopic (exact) mass is 238 g/mol. The Labute approximate surface area is 107 Å². The molecule has 17 heavy (non-hydrogen) atoms. The fourth-order valence-electron chi connectivity index (χ4n) is 3.57. The Bertz CT molecular complexity index is 209. The summed E-state index contributed by atoms with van der Waals surface area (Å²) in [4.78, 5) is 2.69. The molecule has 0 aromatic carbocycles. The highest BCUT2D eigenvalue weighted by Crippen LogP contribution is 2.45. The molecule has 1 aliphatic heterocycles. The van der Waals surface area contributed by atoms with Gasteiger partial charge < -0.3 is 10.2 Å². The van der Waals surface area contributed by atoms with Crippen LogP contribution in [0, 0.1) is 5.41 Å². The molecule has 100 valence electrons. The fourth-order valence-corrected chi connectivity index (χ4v) is 3.57. The second kappa shape index (κ2) is 6.19. The molecule has 1 aliphatic carbocycles. The van der Waals surface area contributed by atoms with Gasteiger partial charge in [-0.25, -0.2) is 0 Å². The number of nitrogens with one attached hydrogen (secondary N) is 1. The number of hydrogen-bond acceptors (Lipinski definition) is 2. The Morgan fingerprint density at radius 3 is 2.29 bits per heavy atom. The van der Waals surface area contributed by atoms with E-state index >= 15 is 0 Å². The van der Waals surface area contributed by atoms with Crippen LogP contribution in [0.4, 0.5) is 0 Å². The molecule has 2 nitrogen and oxygen atoms in total. The van der Waals surface area contributed by atoms with E-state index in [1.165, 1.54) is 71.1 Å². The molecule has 0 aromatic rings. The van der Waals surface area contributed by atoms with Gasteiger partial charge in [-0.15, -0.1) is 0 Å². The lowest BCUT2D eigenvalue weighted by atomic mass is 9.77. The number of likely N-dealkylation sites (tertiary alicyclic amines) is 1. The number of piperidine rings is 1. The number of rotatable bonds is 5. The Balaban J connectivity index is 1.59. The predicted molar refractivity (Wildman–Crippen MR) is 74.3 cm³/mol. The van der Waals surface area contributed by atoms with Crippen molar-refractivity contribution in [1.29, 1.82) is 0 Å². The predicted octanol–water partition coefficient (Wildman–Crippen LogP) is 3.03. The van der Waals surface area contributed by atoms with E-state index in [0.29, 0.717) is 6.04 Å². The summed E-state index contributed by atoms with van der Waals surface area (Å²) in [5, 5.41) is 3.51. The second-order valence-corrected chi connectivity index (χ2v) is 6.51. The van der Waals surface area contributed by atoms with Crippen molar-refractivity contribution in [2.45, 2.75) is 64.8 Å². The molecular formula is C15H30N2. The summed E-state index contributed by atoms with van der Waals surface area (Å²) in [6, 6.07) is 0.637. The minimum atomic E-state index is 0.637. The maximum atomic E-state index is 3.51. The molecule has 1 saturated heterocycles. The van der Waals surface area contributed by atoms with Crippen molar-refractivity contribution in [1.82, 2.24) is 10.2 Å². The van der Waals surface area contributed by atoms with Crippen LogP contribution in [-0.2, 0) is 0 Å². The van der Waals surface area contributed by atoms with E-state index in [9.17, 15) is 0 Å². The molecule has 0 amide bonds. The van der Waals surface area contributed by atoms with Gasteiger partial charge in [0.05, 0.1) is 0 Å². The van der Waals surface area contributed by atoms with E-state index in [1.807, 2.05) is 0 Å². The van der Waals surface area contributed by atoms with E-state index in [2.05, 4.69) is 24.1 Å². The topological polar surface area (TPSA) is 15.3 Å². The van der Waals surface area contributed by atoms with Crippen LogP contribution >= 0.6 is 0 Å². The Morgan fingerprint density at radius 2 is 1.71 bits per heavy atom. The van der Waals surface area contributed by atoms with Crippen LogP contribution in [0.1, 0.15) is 58.8 Å². The zero-order valence-corrected chi connectivity index (χ0v) is 11.8. The van der Waals surface area contributed by atoms with Crippen LogP contribution in [0.25, 0.3) is 0 Å². The highest BCUT2D eigenvalue weighted by Gasteiger charge is 2.36. The maximum Gasteiger partial charge on any atom is 0.00103 e. The molecule has 0 aromatic heterocycles. The van der Waals surface area contributed by atoms with Gasteiger partial charge >= 0.3 is 0 Å². The van der Waals surface area contributed by atoms with Gasteiger partial charge in [-0.05, 0) is 63.7 Å². The molecule has 0 unspecified atom stereocenters. The average Bonchev–Trinajstić information content (AvgIpc) is 2.75. The third-order valence-electron chi connectivity index (χ3n) is 4.78. The first-order valence-electron chi connectivity index (χ1n) is 7.66. The van der Waals surface area contributed by atoms with Crippen LogP contribution in [0.15, 0.2) is 0 Å². The third-order valence-corrected chi connectivity index (χ3v) is 4.78. The summed E-state index contributed by atoms with van der Waals surface area (Å²) in [5.41, 5.74) is 0.784. The first-order chi connectivity index (χ1) is 8.20. The van der Waals surface area contributed by atoms with Crippen LogP contribution < -0.4 is 5.32 Å². The molecular weight excluding hydrogens is 208 g/mol. The SMILES string of the molecule is CC(C)NCCCN1CCC2(CCCC2)CC1. The lowest BCUT2D eigenvalue weighted by Gasteiger charge is -2.39. The quantitative estimate of drug-likeness (QED) is 0.741. The van der Waals surface area contributed by atoms with Crippen molar-refractivity contribution in [2.24, 2.45) is 5.41 Å². The maximum absolute atomic E-state index is 3.51. The minimum Gasteiger partial charge on any atom is -0.314 e. The van der Waals surface area contributed by atoms with E-state index in [-0.39, 0.29) is 0 Å². The average molecular weight is 238 g/mol. The molecule has 1 saturated carbocycles. The van der Waals surface area contributed by atoms with E-state index in [4.69, 9.17) is 0 Å². The lowest BCUT2D eigenvalue weighted by Crippen LogP contribution is -2.40. The van der Waals surface area contributed by atoms with E-state index < -0.39 is 0 Å². The van der Waals surface area contributed by atoms with Crippen molar-refractivity contribution < 1.29 is 0 Å². The summed E-state index contributed by atoms with van der Waals surface area (Å²) in [6.07, 6.45) is 10.3. The van der Waals surface area contributed by atoms with Crippen molar-refractivity contribution in [2.75, 3.05) is 26.2 Å². The van der Waals surface area contributed by atoms with Gasteiger partial charge in [0.15, 0.2) is 0 Å². The largest absolute Gasteiger partial charge is 0.314 e. The fraction of sp³-hybridized carbons (Fsp3) is 1.00. The normalized spacial score (nSPS) is 24.9. The Morgan fingerprint density at radius 1 is 1.06 bits per heavy atom. The van der Waals surface area contributed by atoms with Crippen LogP contribution in [-0.4, -0.2) is 37.1 Å². The second-order valence-electron chi connectivity index (χ2n) is 6.51. The highest BCUT2D eigenvalue weighted by atomic mass is 15.1. The van der Waals surface area contributed by atoms with E-state index in [1.54, 1.807) is 0 Å². The van der Waals surface area contributed by atoms with Crippen LogP contribution in [0.2, 0.25) is 0 Å². The van der Waals surface area contributed by atoms with Gasteiger partial charge in [-0.3, -0.25) is 0 Å². The summed E-state index contributed by atoms with van der Waals surface area (Å²) < 4.78 is 0. The molecule has 0 atom stereocenters. The number of nitrogens with zero attached hydrogens (tertiary/aromatic N) is 1. The number of hydrogen-bond donors (Lipinski definition) is 1. The van der Waals surface area contributed by atoms with Gasteiger partial charge in [0, 0.05) is 6.04 Å². The smallest absolute Gasteiger partial charge is 0.00103 e. The van der Waals surface area contributed by atoms with E-state index in [0.717, 1.165) is 5.41 Å². The van der Waals surface area contributed by atoms with Gasteiger partial charge in [0.2, 0.25) is 0 Å². The van der Waals surface area contributed by atoms with Crippen LogP contribution in [0.5, 0.6) is 0 Å². The van der Waals surface area contributed by atoms with Crippen molar-refractivity contribution in [3.8, 4) is 0 Å². The third kappa shape index (κ3) is 3.96.